The average Bonchev–Trinajstić information content (AvgIpc) is 2.85. The van der Waals surface area contributed by atoms with E-state index in [1.165, 1.54) is 0 Å². The van der Waals surface area contributed by atoms with Crippen LogP contribution >= 0.6 is 0 Å². The first kappa shape index (κ1) is 12.5. The summed E-state index contributed by atoms with van der Waals surface area (Å²) in [7, 11) is 1.68. The molecule has 0 aliphatic carbocycles. The molecule has 17 heavy (non-hydrogen) atoms. The molecule has 6 nitrogen and oxygen atoms in total. The topological polar surface area (TPSA) is 69.4 Å². The Hall–Kier alpha value is -0.980. The summed E-state index contributed by atoms with van der Waals surface area (Å²) in [4.78, 5) is 4.37. The van der Waals surface area contributed by atoms with Gasteiger partial charge < -0.3 is 19.3 Å². The Morgan fingerprint density at radius 1 is 1.53 bits per heavy atom. The molecule has 0 aromatic carbocycles. The quantitative estimate of drug-likeness (QED) is 0.739. The highest BCUT2D eigenvalue weighted by Crippen LogP contribution is 2.22. The maximum Gasteiger partial charge on any atom is 0.240 e. The lowest BCUT2D eigenvalue weighted by Gasteiger charge is -2.18. The molecule has 0 saturated carbocycles. The SMILES string of the molecule is COCCNCc1nc(C2CCCOC2)no1. The fourth-order valence-electron chi connectivity index (χ4n) is 1.82. The van der Waals surface area contributed by atoms with Gasteiger partial charge in [0.25, 0.3) is 0 Å². The van der Waals surface area contributed by atoms with E-state index in [1.807, 2.05) is 0 Å². The molecule has 1 saturated heterocycles. The van der Waals surface area contributed by atoms with Crippen molar-refractivity contribution < 1.29 is 14.0 Å². The van der Waals surface area contributed by atoms with Crippen LogP contribution in [0.25, 0.3) is 0 Å². The molecule has 6 heteroatoms. The molecule has 2 rings (SSSR count). The van der Waals surface area contributed by atoms with Gasteiger partial charge in [0.1, 0.15) is 0 Å². The van der Waals surface area contributed by atoms with Crippen molar-refractivity contribution in [3.63, 3.8) is 0 Å². The predicted molar refractivity (Wildman–Crippen MR) is 60.7 cm³/mol. The summed E-state index contributed by atoms with van der Waals surface area (Å²) in [6, 6.07) is 0. The van der Waals surface area contributed by atoms with Crippen LogP contribution < -0.4 is 5.32 Å². The molecule has 0 radical (unpaired) electrons. The van der Waals surface area contributed by atoms with E-state index in [0.29, 0.717) is 31.6 Å². The van der Waals surface area contributed by atoms with Crippen molar-refractivity contribution in [2.75, 3.05) is 33.5 Å². The molecule has 1 fully saturated rings. The molecule has 0 bridgehead atoms. The summed E-state index contributed by atoms with van der Waals surface area (Å²) in [6.45, 7) is 3.60. The van der Waals surface area contributed by atoms with Gasteiger partial charge in [-0.05, 0) is 12.8 Å². The summed E-state index contributed by atoms with van der Waals surface area (Å²) in [5.41, 5.74) is 0. The van der Waals surface area contributed by atoms with E-state index in [4.69, 9.17) is 14.0 Å². The van der Waals surface area contributed by atoms with Crippen molar-refractivity contribution in [3.8, 4) is 0 Å². The van der Waals surface area contributed by atoms with Crippen LogP contribution in [0.5, 0.6) is 0 Å². The van der Waals surface area contributed by atoms with Crippen molar-refractivity contribution in [3.05, 3.63) is 11.7 Å². The van der Waals surface area contributed by atoms with Crippen LogP contribution in [0.15, 0.2) is 4.52 Å². The number of nitrogens with one attached hydrogen (secondary N) is 1. The molecule has 1 aliphatic rings. The number of methoxy groups -OCH3 is 1. The fraction of sp³-hybridized carbons (Fsp3) is 0.818. The third-order valence-electron chi connectivity index (χ3n) is 2.77. The van der Waals surface area contributed by atoms with Gasteiger partial charge in [0.2, 0.25) is 5.89 Å². The normalized spacial score (nSPS) is 20.6. The largest absolute Gasteiger partial charge is 0.383 e. The lowest BCUT2D eigenvalue weighted by molar-refractivity contribution is 0.0773. The van der Waals surface area contributed by atoms with Gasteiger partial charge in [0.15, 0.2) is 5.82 Å². The number of hydrogen-bond donors (Lipinski definition) is 1. The average molecular weight is 241 g/mol. The van der Waals surface area contributed by atoms with Crippen molar-refractivity contribution in [1.82, 2.24) is 15.5 Å². The van der Waals surface area contributed by atoms with Crippen molar-refractivity contribution in [2.45, 2.75) is 25.3 Å². The van der Waals surface area contributed by atoms with Gasteiger partial charge in [-0.25, -0.2) is 0 Å². The molecule has 1 aromatic heterocycles. The smallest absolute Gasteiger partial charge is 0.240 e. The maximum atomic E-state index is 5.41. The Labute approximate surface area is 101 Å². The third-order valence-corrected chi connectivity index (χ3v) is 2.77. The van der Waals surface area contributed by atoms with Crippen molar-refractivity contribution >= 4 is 0 Å². The molecule has 1 atom stereocenters. The number of rotatable bonds is 6. The van der Waals surface area contributed by atoms with E-state index in [0.717, 1.165) is 31.8 Å². The Kier molecular flexibility index (Phi) is 4.90. The zero-order valence-corrected chi connectivity index (χ0v) is 10.1. The van der Waals surface area contributed by atoms with Crippen LogP contribution in [0, 0.1) is 0 Å². The van der Waals surface area contributed by atoms with Crippen molar-refractivity contribution in [2.24, 2.45) is 0 Å². The first-order chi connectivity index (χ1) is 8.40. The van der Waals surface area contributed by atoms with Gasteiger partial charge in [-0.2, -0.15) is 4.98 Å². The summed E-state index contributed by atoms with van der Waals surface area (Å²) in [5, 5.41) is 7.17. The summed E-state index contributed by atoms with van der Waals surface area (Å²) in [5.74, 6) is 1.69. The second-order valence-corrected chi connectivity index (χ2v) is 4.13. The highest BCUT2D eigenvalue weighted by molar-refractivity contribution is 4.96. The van der Waals surface area contributed by atoms with Gasteiger partial charge in [-0.3, -0.25) is 0 Å². The molecule has 0 amide bonds. The second kappa shape index (κ2) is 6.68. The maximum absolute atomic E-state index is 5.41. The molecule has 96 valence electrons. The Morgan fingerprint density at radius 2 is 2.47 bits per heavy atom. The predicted octanol–water partition coefficient (Wildman–Crippen LogP) is 0.700. The number of aromatic nitrogens is 2. The van der Waals surface area contributed by atoms with Gasteiger partial charge >= 0.3 is 0 Å². The minimum atomic E-state index is 0.292. The van der Waals surface area contributed by atoms with Crippen LogP contribution in [0.2, 0.25) is 0 Å². The minimum Gasteiger partial charge on any atom is -0.383 e. The van der Waals surface area contributed by atoms with Crippen LogP contribution in [0.4, 0.5) is 0 Å². The number of nitrogens with zero attached hydrogens (tertiary/aromatic N) is 2. The molecular formula is C11H19N3O3. The van der Waals surface area contributed by atoms with Crippen LogP contribution in [0.3, 0.4) is 0 Å². The van der Waals surface area contributed by atoms with E-state index in [-0.39, 0.29) is 0 Å². The molecule has 0 spiro atoms. The molecule has 1 unspecified atom stereocenters. The summed E-state index contributed by atoms with van der Waals surface area (Å²) in [6.07, 6.45) is 2.15. The van der Waals surface area contributed by atoms with E-state index >= 15 is 0 Å². The van der Waals surface area contributed by atoms with Gasteiger partial charge in [-0.1, -0.05) is 5.16 Å². The van der Waals surface area contributed by atoms with Crippen molar-refractivity contribution in [1.29, 1.82) is 0 Å². The van der Waals surface area contributed by atoms with Crippen LogP contribution in [-0.4, -0.2) is 43.6 Å². The zero-order chi connectivity index (χ0) is 11.9. The first-order valence-electron chi connectivity index (χ1n) is 6.00. The second-order valence-electron chi connectivity index (χ2n) is 4.13. The molecular weight excluding hydrogens is 222 g/mol. The summed E-state index contributed by atoms with van der Waals surface area (Å²) < 4.78 is 15.5. The van der Waals surface area contributed by atoms with Crippen LogP contribution in [0.1, 0.15) is 30.5 Å². The summed E-state index contributed by atoms with van der Waals surface area (Å²) >= 11 is 0. The van der Waals surface area contributed by atoms with Gasteiger partial charge in [0.05, 0.1) is 19.8 Å². The Morgan fingerprint density at radius 3 is 3.24 bits per heavy atom. The standard InChI is InChI=1S/C11H19N3O3/c1-15-6-4-12-7-10-13-11(14-17-10)9-3-2-5-16-8-9/h9,12H,2-8H2,1H3. The highest BCUT2D eigenvalue weighted by Gasteiger charge is 2.21. The zero-order valence-electron chi connectivity index (χ0n) is 10.1. The van der Waals surface area contributed by atoms with E-state index < -0.39 is 0 Å². The highest BCUT2D eigenvalue weighted by atomic mass is 16.5. The van der Waals surface area contributed by atoms with E-state index in [9.17, 15) is 0 Å². The lowest BCUT2D eigenvalue weighted by Crippen LogP contribution is -2.19. The Bertz CT molecular complexity index is 324. The fourth-order valence-corrected chi connectivity index (χ4v) is 1.82. The number of ether oxygens (including phenoxy) is 2. The van der Waals surface area contributed by atoms with E-state index in [1.54, 1.807) is 7.11 Å². The molecule has 1 aromatic rings. The van der Waals surface area contributed by atoms with E-state index in [2.05, 4.69) is 15.5 Å². The Balaban J connectivity index is 1.78. The van der Waals surface area contributed by atoms with Gasteiger partial charge in [-0.15, -0.1) is 0 Å². The molecule has 1 N–H and O–H groups in total. The van der Waals surface area contributed by atoms with Crippen LogP contribution in [-0.2, 0) is 16.0 Å². The lowest BCUT2D eigenvalue weighted by atomic mass is 10.0. The third kappa shape index (κ3) is 3.76. The first-order valence-corrected chi connectivity index (χ1v) is 6.00. The van der Waals surface area contributed by atoms with Gasteiger partial charge in [0, 0.05) is 26.2 Å². The monoisotopic (exact) mass is 241 g/mol. The molecule has 1 aliphatic heterocycles. The minimum absolute atomic E-state index is 0.292. The number of hydrogen-bond acceptors (Lipinski definition) is 6. The molecule has 2 heterocycles.